The second-order valence-electron chi connectivity index (χ2n) is 9.96. The fourth-order valence-corrected chi connectivity index (χ4v) is 4.79. The van der Waals surface area contributed by atoms with Crippen LogP contribution in [0.2, 0.25) is 0 Å². The summed E-state index contributed by atoms with van der Waals surface area (Å²) in [7, 11) is 0. The molecule has 4 atom stereocenters. The first-order chi connectivity index (χ1) is 15.1. The number of esters is 1. The Morgan fingerprint density at radius 3 is 2.31 bits per heavy atom. The van der Waals surface area contributed by atoms with Gasteiger partial charge in [-0.25, -0.2) is 0 Å². The normalized spacial score (nSPS) is 22.5. The summed E-state index contributed by atoms with van der Waals surface area (Å²) >= 11 is 0. The van der Waals surface area contributed by atoms with Crippen LogP contribution in [0.3, 0.4) is 0 Å². The van der Waals surface area contributed by atoms with Crippen LogP contribution < -0.4 is 5.32 Å². The summed E-state index contributed by atoms with van der Waals surface area (Å²) in [6.45, 7) is 11.9. The van der Waals surface area contributed by atoms with Crippen LogP contribution in [0.1, 0.15) is 72.8 Å². The van der Waals surface area contributed by atoms with E-state index in [-0.39, 0.29) is 29.9 Å². The molecule has 1 saturated heterocycles. The van der Waals surface area contributed by atoms with Gasteiger partial charge in [0.25, 0.3) is 0 Å². The number of likely N-dealkylation sites (tertiary alicyclic amines) is 1. The lowest BCUT2D eigenvalue weighted by atomic mass is 9.86. The van der Waals surface area contributed by atoms with Crippen molar-refractivity contribution in [1.29, 1.82) is 0 Å². The molecule has 1 aromatic rings. The molecule has 6 heteroatoms. The molecule has 0 radical (unpaired) electrons. The van der Waals surface area contributed by atoms with Crippen molar-refractivity contribution in [2.24, 2.45) is 11.8 Å². The van der Waals surface area contributed by atoms with Gasteiger partial charge in [-0.1, -0.05) is 57.0 Å². The van der Waals surface area contributed by atoms with E-state index < -0.39 is 11.6 Å². The molecule has 1 aromatic carbocycles. The summed E-state index contributed by atoms with van der Waals surface area (Å²) in [5.74, 6) is -0.362. The van der Waals surface area contributed by atoms with Crippen molar-refractivity contribution in [1.82, 2.24) is 10.2 Å². The number of amides is 1. The largest absolute Gasteiger partial charge is 0.459 e. The van der Waals surface area contributed by atoms with E-state index in [1.807, 2.05) is 51.1 Å². The van der Waals surface area contributed by atoms with Crippen LogP contribution in [-0.4, -0.2) is 46.8 Å². The first-order valence-corrected chi connectivity index (χ1v) is 11.8. The summed E-state index contributed by atoms with van der Waals surface area (Å²) in [6, 6.07) is 8.91. The Kier molecular flexibility index (Phi) is 9.44. The van der Waals surface area contributed by atoms with Crippen LogP contribution in [0.25, 0.3) is 0 Å². The highest BCUT2D eigenvalue weighted by Crippen LogP contribution is 2.36. The summed E-state index contributed by atoms with van der Waals surface area (Å²) in [4.78, 5) is 39.6. The predicted molar refractivity (Wildman–Crippen MR) is 126 cm³/mol. The topological polar surface area (TPSA) is 75.7 Å². The van der Waals surface area contributed by atoms with E-state index >= 15 is 0 Å². The standard InChI is InChI=1S/C26H40N2O4/c1-7-19(8-2)14-22(27-18(3)30)24-21(17-29)15-23(25(31)32-26(4,5)6)28(24)16-20-12-10-9-11-13-20/h9-13,17,19,21-24H,7-8,14-16H2,1-6H3,(H,27,30)/t21-,22-,23+,24+/m0/s1. The fourth-order valence-electron chi connectivity index (χ4n) is 4.79. The molecule has 1 N–H and O–H groups in total. The van der Waals surface area contributed by atoms with Gasteiger partial charge in [0, 0.05) is 31.5 Å². The predicted octanol–water partition coefficient (Wildman–Crippen LogP) is 4.12. The zero-order valence-corrected chi connectivity index (χ0v) is 20.5. The molecule has 0 aliphatic carbocycles. The third-order valence-corrected chi connectivity index (χ3v) is 6.32. The van der Waals surface area contributed by atoms with Gasteiger partial charge in [-0.05, 0) is 45.1 Å². The van der Waals surface area contributed by atoms with Gasteiger partial charge in [-0.15, -0.1) is 0 Å². The third-order valence-electron chi connectivity index (χ3n) is 6.32. The molecule has 0 aromatic heterocycles. The Labute approximate surface area is 193 Å². The highest BCUT2D eigenvalue weighted by Gasteiger charge is 2.49. The minimum Gasteiger partial charge on any atom is -0.459 e. The number of hydrogen-bond donors (Lipinski definition) is 1. The van der Waals surface area contributed by atoms with Gasteiger partial charge in [0.15, 0.2) is 0 Å². The Morgan fingerprint density at radius 1 is 1.19 bits per heavy atom. The van der Waals surface area contributed by atoms with Crippen molar-refractivity contribution in [3.05, 3.63) is 35.9 Å². The van der Waals surface area contributed by atoms with Crippen LogP contribution in [0.15, 0.2) is 30.3 Å². The Morgan fingerprint density at radius 2 is 1.81 bits per heavy atom. The maximum atomic E-state index is 13.2. The average molecular weight is 445 g/mol. The molecule has 0 saturated carbocycles. The van der Waals surface area contributed by atoms with E-state index in [0.29, 0.717) is 18.9 Å². The van der Waals surface area contributed by atoms with E-state index in [4.69, 9.17) is 4.74 Å². The molecule has 1 heterocycles. The molecular formula is C26H40N2O4. The first-order valence-electron chi connectivity index (χ1n) is 11.8. The quantitative estimate of drug-likeness (QED) is 0.434. The molecule has 0 bridgehead atoms. The lowest BCUT2D eigenvalue weighted by Gasteiger charge is -2.37. The van der Waals surface area contributed by atoms with Crippen LogP contribution in [-0.2, 0) is 25.7 Å². The van der Waals surface area contributed by atoms with E-state index in [2.05, 4.69) is 24.1 Å². The van der Waals surface area contributed by atoms with Gasteiger partial charge < -0.3 is 14.8 Å². The summed E-state index contributed by atoms with van der Waals surface area (Å²) in [5, 5.41) is 3.12. The van der Waals surface area contributed by atoms with Crippen LogP contribution in [0.5, 0.6) is 0 Å². The smallest absolute Gasteiger partial charge is 0.323 e. The number of nitrogens with one attached hydrogen (secondary N) is 1. The molecule has 1 fully saturated rings. The van der Waals surface area contributed by atoms with Crippen LogP contribution in [0, 0.1) is 11.8 Å². The zero-order valence-electron chi connectivity index (χ0n) is 20.5. The Balaban J connectivity index is 2.46. The van der Waals surface area contributed by atoms with Gasteiger partial charge in [-0.3, -0.25) is 14.5 Å². The first kappa shape index (κ1) is 26.0. The zero-order chi connectivity index (χ0) is 23.9. The van der Waals surface area contributed by atoms with Crippen molar-refractivity contribution in [3.63, 3.8) is 0 Å². The fraction of sp³-hybridized carbons (Fsp3) is 0.654. The molecule has 32 heavy (non-hydrogen) atoms. The van der Waals surface area contributed by atoms with Crippen molar-refractivity contribution < 1.29 is 19.1 Å². The molecule has 1 amide bonds. The molecule has 0 unspecified atom stereocenters. The van der Waals surface area contributed by atoms with Crippen molar-refractivity contribution in [2.75, 3.05) is 0 Å². The number of carbonyl (C=O) groups excluding carboxylic acids is 3. The third kappa shape index (κ3) is 7.16. The monoisotopic (exact) mass is 444 g/mol. The van der Waals surface area contributed by atoms with Gasteiger partial charge in [0.1, 0.15) is 17.9 Å². The van der Waals surface area contributed by atoms with E-state index in [1.54, 1.807) is 0 Å². The lowest BCUT2D eigenvalue weighted by molar-refractivity contribution is -0.161. The number of nitrogens with zero attached hydrogens (tertiary/aromatic N) is 1. The molecule has 1 aliphatic heterocycles. The van der Waals surface area contributed by atoms with Crippen LogP contribution in [0.4, 0.5) is 0 Å². The number of benzene rings is 1. The van der Waals surface area contributed by atoms with Gasteiger partial charge in [0.05, 0.1) is 0 Å². The van der Waals surface area contributed by atoms with Crippen molar-refractivity contribution >= 4 is 18.2 Å². The number of ether oxygens (including phenoxy) is 1. The van der Waals surface area contributed by atoms with Crippen molar-refractivity contribution in [3.8, 4) is 0 Å². The van der Waals surface area contributed by atoms with Gasteiger partial charge >= 0.3 is 5.97 Å². The molecule has 6 nitrogen and oxygen atoms in total. The number of rotatable bonds is 10. The second-order valence-corrected chi connectivity index (χ2v) is 9.96. The average Bonchev–Trinajstić information content (AvgIpc) is 3.08. The molecule has 178 valence electrons. The maximum Gasteiger partial charge on any atom is 0.323 e. The summed E-state index contributed by atoms with van der Waals surface area (Å²) < 4.78 is 5.73. The summed E-state index contributed by atoms with van der Waals surface area (Å²) in [6.07, 6.45) is 4.12. The SMILES string of the molecule is CCC(CC)C[C@H](NC(C)=O)[C@H]1[C@H](C=O)C[C@H](C(=O)OC(C)(C)C)N1Cc1ccccc1. The van der Waals surface area contributed by atoms with Gasteiger partial charge in [0.2, 0.25) is 5.91 Å². The highest BCUT2D eigenvalue weighted by atomic mass is 16.6. The molecule has 0 spiro atoms. The number of carbonyl (C=O) groups is 3. The van der Waals surface area contributed by atoms with Gasteiger partial charge in [-0.2, -0.15) is 0 Å². The maximum absolute atomic E-state index is 13.2. The van der Waals surface area contributed by atoms with Crippen LogP contribution >= 0.6 is 0 Å². The second kappa shape index (κ2) is 11.6. The number of aldehydes is 1. The van der Waals surface area contributed by atoms with E-state index in [9.17, 15) is 14.4 Å². The minimum atomic E-state index is -0.614. The van der Waals surface area contributed by atoms with E-state index in [0.717, 1.165) is 31.1 Å². The molecule has 1 aliphatic rings. The summed E-state index contributed by atoms with van der Waals surface area (Å²) in [5.41, 5.74) is 0.443. The molecule has 2 rings (SSSR count). The van der Waals surface area contributed by atoms with Crippen molar-refractivity contribution in [2.45, 2.75) is 97.5 Å². The number of hydrogen-bond acceptors (Lipinski definition) is 5. The minimum absolute atomic E-state index is 0.119. The molecular weight excluding hydrogens is 404 g/mol. The Hall–Kier alpha value is -2.21. The van der Waals surface area contributed by atoms with E-state index in [1.165, 1.54) is 6.92 Å². The lowest BCUT2D eigenvalue weighted by Crippen LogP contribution is -2.54. The Bertz CT molecular complexity index is 755. The highest BCUT2D eigenvalue weighted by molar-refractivity contribution is 5.78.